The fourth-order valence-corrected chi connectivity index (χ4v) is 3.98. The number of ether oxygens (including phenoxy) is 1. The molecule has 0 atom stereocenters. The first-order chi connectivity index (χ1) is 16.0. The van der Waals surface area contributed by atoms with E-state index in [1.807, 2.05) is 28.8 Å². The molecule has 33 heavy (non-hydrogen) atoms. The molecule has 0 N–H and O–H groups in total. The number of carbonyl (C=O) groups excluding carboxylic acids is 1. The van der Waals surface area contributed by atoms with Gasteiger partial charge in [0.25, 0.3) is 17.6 Å². The molecule has 164 valence electrons. The fourth-order valence-electron chi connectivity index (χ4n) is 3.52. The maximum Gasteiger partial charge on any atom is 0.289 e. The number of benzene rings is 2. The zero-order valence-corrected chi connectivity index (χ0v) is 18.7. The predicted molar refractivity (Wildman–Crippen MR) is 123 cm³/mol. The summed E-state index contributed by atoms with van der Waals surface area (Å²) in [7, 11) is 1.56. The van der Waals surface area contributed by atoms with Crippen LogP contribution in [0.15, 0.2) is 65.5 Å². The second-order valence-electron chi connectivity index (χ2n) is 7.10. The highest BCUT2D eigenvalue weighted by atomic mass is 35.5. The third-order valence-corrected chi connectivity index (χ3v) is 5.75. The lowest BCUT2D eigenvalue weighted by Gasteiger charge is -2.08. The van der Waals surface area contributed by atoms with Gasteiger partial charge in [-0.15, -0.1) is 10.2 Å². The third-order valence-electron chi connectivity index (χ3n) is 5.11. The van der Waals surface area contributed by atoms with Gasteiger partial charge in [0.1, 0.15) is 22.9 Å². The summed E-state index contributed by atoms with van der Waals surface area (Å²) in [6, 6.07) is 14.4. The molecule has 0 fully saturated rings. The Kier molecular flexibility index (Phi) is 5.53. The Labute approximate surface area is 197 Å². The van der Waals surface area contributed by atoms with Crippen LogP contribution in [0.25, 0.3) is 22.5 Å². The van der Waals surface area contributed by atoms with E-state index in [2.05, 4.69) is 20.2 Å². The number of rotatable bonds is 6. The summed E-state index contributed by atoms with van der Waals surface area (Å²) in [6.07, 6.45) is 2.90. The van der Waals surface area contributed by atoms with E-state index >= 15 is 0 Å². The molecule has 10 heteroatoms. The minimum absolute atomic E-state index is 0.111. The number of hydrogen-bond acceptors (Lipinski definition) is 7. The van der Waals surface area contributed by atoms with Crippen molar-refractivity contribution in [2.24, 2.45) is 0 Å². The van der Waals surface area contributed by atoms with Gasteiger partial charge in [-0.1, -0.05) is 35.3 Å². The van der Waals surface area contributed by atoms with Crippen molar-refractivity contribution >= 4 is 39.9 Å². The van der Waals surface area contributed by atoms with Gasteiger partial charge in [0.05, 0.1) is 18.2 Å². The van der Waals surface area contributed by atoms with Gasteiger partial charge in [-0.25, -0.2) is 9.97 Å². The quantitative estimate of drug-likeness (QED) is 0.313. The van der Waals surface area contributed by atoms with Crippen LogP contribution in [0.3, 0.4) is 0 Å². The van der Waals surface area contributed by atoms with Crippen LogP contribution in [-0.4, -0.2) is 37.6 Å². The van der Waals surface area contributed by atoms with E-state index in [-0.39, 0.29) is 22.5 Å². The van der Waals surface area contributed by atoms with Gasteiger partial charge in [-0.2, -0.15) is 0 Å². The highest BCUT2D eigenvalue weighted by Crippen LogP contribution is 2.35. The predicted octanol–water partition coefficient (Wildman–Crippen LogP) is 5.08. The summed E-state index contributed by atoms with van der Waals surface area (Å²) in [5, 5.41) is 9.37. The lowest BCUT2D eigenvalue weighted by molar-refractivity contribution is 0.100. The van der Waals surface area contributed by atoms with Crippen molar-refractivity contribution in [3.8, 4) is 17.3 Å². The Morgan fingerprint density at radius 1 is 1.09 bits per heavy atom. The van der Waals surface area contributed by atoms with Gasteiger partial charge < -0.3 is 13.7 Å². The Morgan fingerprint density at radius 2 is 1.91 bits per heavy atom. The van der Waals surface area contributed by atoms with E-state index in [1.54, 1.807) is 37.6 Å². The lowest BCUT2D eigenvalue weighted by atomic mass is 10.1. The average molecular weight is 480 g/mol. The molecule has 0 aliphatic carbocycles. The van der Waals surface area contributed by atoms with Crippen LogP contribution in [0.5, 0.6) is 5.75 Å². The second-order valence-corrected chi connectivity index (χ2v) is 7.89. The molecule has 5 aromatic rings. The zero-order chi connectivity index (χ0) is 22.9. The molecular formula is C23H15Cl2N5O3. The first-order valence-corrected chi connectivity index (χ1v) is 10.6. The third kappa shape index (κ3) is 3.94. The molecule has 0 aliphatic heterocycles. The van der Waals surface area contributed by atoms with E-state index in [9.17, 15) is 4.79 Å². The highest BCUT2D eigenvalue weighted by molar-refractivity contribution is 6.36. The topological polar surface area (TPSA) is 95.9 Å². The molecule has 2 aromatic carbocycles. The van der Waals surface area contributed by atoms with Crippen molar-refractivity contribution in [1.82, 2.24) is 24.7 Å². The van der Waals surface area contributed by atoms with Gasteiger partial charge in [0.2, 0.25) is 0 Å². The van der Waals surface area contributed by atoms with Crippen LogP contribution < -0.4 is 4.74 Å². The average Bonchev–Trinajstić information content (AvgIpc) is 3.44. The van der Waals surface area contributed by atoms with Crippen molar-refractivity contribution in [2.45, 2.75) is 6.54 Å². The minimum Gasteiger partial charge on any atom is -0.497 e. The van der Waals surface area contributed by atoms with E-state index in [0.29, 0.717) is 28.4 Å². The standard InChI is InChI=1S/C23H15Cl2N5O3/c1-32-15-6-7-18-16(10-15)19(21(25)30(18)11-13-2-4-14(24)5-3-13)20(31)23-29-28-22(33-23)17-8-9-26-12-27-17/h2-10,12H,11H2,1H3. The molecule has 3 heterocycles. The van der Waals surface area contributed by atoms with Crippen LogP contribution in [0.2, 0.25) is 10.2 Å². The molecule has 0 saturated carbocycles. The molecule has 3 aromatic heterocycles. The molecule has 0 saturated heterocycles. The summed E-state index contributed by atoms with van der Waals surface area (Å²) in [4.78, 5) is 21.4. The maximum atomic E-state index is 13.5. The minimum atomic E-state index is -0.499. The van der Waals surface area contributed by atoms with Gasteiger partial charge in [0.15, 0.2) is 0 Å². The molecule has 0 amide bonds. The highest BCUT2D eigenvalue weighted by Gasteiger charge is 2.27. The summed E-state index contributed by atoms with van der Waals surface area (Å²) in [5.41, 5.74) is 2.39. The number of fused-ring (bicyclic) bond motifs is 1. The Hall–Kier alpha value is -3.75. The summed E-state index contributed by atoms with van der Waals surface area (Å²) >= 11 is 12.8. The molecule has 0 aliphatic rings. The van der Waals surface area contributed by atoms with Crippen LogP contribution in [0, 0.1) is 0 Å². The van der Waals surface area contributed by atoms with Gasteiger partial charge in [-0.05, 0) is 42.0 Å². The van der Waals surface area contributed by atoms with Crippen LogP contribution in [-0.2, 0) is 6.54 Å². The monoisotopic (exact) mass is 479 g/mol. The van der Waals surface area contributed by atoms with Crippen molar-refractivity contribution in [1.29, 1.82) is 0 Å². The van der Waals surface area contributed by atoms with Crippen LogP contribution in [0.1, 0.15) is 21.8 Å². The van der Waals surface area contributed by atoms with E-state index in [1.165, 1.54) is 6.33 Å². The fraction of sp³-hybridized carbons (Fsp3) is 0.0870. The number of carbonyl (C=O) groups is 1. The molecule has 5 rings (SSSR count). The van der Waals surface area contributed by atoms with E-state index in [0.717, 1.165) is 11.1 Å². The first kappa shape index (κ1) is 21.1. The normalized spacial score (nSPS) is 11.1. The van der Waals surface area contributed by atoms with Crippen molar-refractivity contribution < 1.29 is 13.9 Å². The van der Waals surface area contributed by atoms with Crippen molar-refractivity contribution in [3.63, 3.8) is 0 Å². The smallest absolute Gasteiger partial charge is 0.289 e. The summed E-state index contributed by atoms with van der Waals surface area (Å²) < 4.78 is 12.8. The number of methoxy groups -OCH3 is 1. The van der Waals surface area contributed by atoms with E-state index < -0.39 is 5.78 Å². The molecule has 0 spiro atoms. The number of hydrogen-bond donors (Lipinski definition) is 0. The lowest BCUT2D eigenvalue weighted by Crippen LogP contribution is -2.04. The van der Waals surface area contributed by atoms with E-state index in [4.69, 9.17) is 32.4 Å². The van der Waals surface area contributed by atoms with Gasteiger partial charge >= 0.3 is 0 Å². The Bertz CT molecular complexity index is 1460. The second kappa shape index (κ2) is 8.65. The number of halogens is 2. The number of aromatic nitrogens is 5. The summed E-state index contributed by atoms with van der Waals surface area (Å²) in [6.45, 7) is 0.433. The maximum absolute atomic E-state index is 13.5. The van der Waals surface area contributed by atoms with Gasteiger partial charge in [-0.3, -0.25) is 4.79 Å². The molecule has 8 nitrogen and oxygen atoms in total. The van der Waals surface area contributed by atoms with Crippen LogP contribution >= 0.6 is 23.2 Å². The van der Waals surface area contributed by atoms with Gasteiger partial charge in [0, 0.05) is 23.2 Å². The Morgan fingerprint density at radius 3 is 2.64 bits per heavy atom. The van der Waals surface area contributed by atoms with Crippen molar-refractivity contribution in [2.75, 3.05) is 7.11 Å². The SMILES string of the molecule is COc1ccc2c(c1)c(C(=O)c1nnc(-c3ccncn3)o1)c(Cl)n2Cc1ccc(Cl)cc1. The number of nitrogens with zero attached hydrogens (tertiary/aromatic N) is 5. The molecule has 0 unspecified atom stereocenters. The largest absolute Gasteiger partial charge is 0.497 e. The molecule has 0 radical (unpaired) electrons. The van der Waals surface area contributed by atoms with Crippen molar-refractivity contribution in [3.05, 3.63) is 88.2 Å². The summed E-state index contributed by atoms with van der Waals surface area (Å²) in [5.74, 6) is 0.00297. The number of ketones is 1. The van der Waals surface area contributed by atoms with Crippen LogP contribution in [0.4, 0.5) is 0 Å². The Balaban J connectivity index is 1.61. The molecule has 0 bridgehead atoms. The first-order valence-electron chi connectivity index (χ1n) is 9.80. The molecular weight excluding hydrogens is 465 g/mol. The zero-order valence-electron chi connectivity index (χ0n) is 17.2.